The van der Waals surface area contributed by atoms with Gasteiger partial charge in [0.15, 0.2) is 10.2 Å². The van der Waals surface area contributed by atoms with Crippen molar-refractivity contribution >= 4 is 55.7 Å². The number of benzene rings is 2. The lowest BCUT2D eigenvalue weighted by molar-refractivity contribution is 0.0526. The van der Waals surface area contributed by atoms with Crippen molar-refractivity contribution < 1.29 is 9.53 Å². The minimum absolute atomic E-state index is 0.330. The Morgan fingerprint density at radius 2 is 2.00 bits per heavy atom. The first-order valence-corrected chi connectivity index (χ1v) is 8.59. The first-order valence-electron chi connectivity index (χ1n) is 7.36. The number of para-hydroxylation sites is 1. The molecule has 0 unspecified atom stereocenters. The van der Waals surface area contributed by atoms with Crippen LogP contribution in [0.2, 0.25) is 0 Å². The number of thiocarbonyl (C=S) groups is 1. The Labute approximate surface area is 148 Å². The van der Waals surface area contributed by atoms with Crippen LogP contribution in [0.5, 0.6) is 0 Å². The lowest BCUT2D eigenvalue weighted by atomic mass is 10.2. The van der Waals surface area contributed by atoms with Crippen LogP contribution in [0.1, 0.15) is 17.3 Å². The predicted molar refractivity (Wildman–Crippen MR) is 102 cm³/mol. The summed E-state index contributed by atoms with van der Waals surface area (Å²) >= 11 is 6.72. The van der Waals surface area contributed by atoms with Gasteiger partial charge in [0.1, 0.15) is 0 Å². The van der Waals surface area contributed by atoms with Crippen molar-refractivity contribution in [3.05, 3.63) is 54.1 Å². The quantitative estimate of drug-likeness (QED) is 0.537. The second kappa shape index (κ2) is 7.37. The predicted octanol–water partition coefficient (Wildman–Crippen LogP) is 4.28. The fourth-order valence-corrected chi connectivity index (χ4v) is 3.29. The number of anilines is 2. The Balaban J connectivity index is 1.73. The Hall–Kier alpha value is -2.51. The Kier molecular flexibility index (Phi) is 5.02. The van der Waals surface area contributed by atoms with E-state index in [1.54, 1.807) is 25.1 Å². The highest BCUT2D eigenvalue weighted by Gasteiger charge is 2.11. The third-order valence-electron chi connectivity index (χ3n) is 3.15. The van der Waals surface area contributed by atoms with E-state index in [1.807, 2.05) is 30.3 Å². The average molecular weight is 357 g/mol. The summed E-state index contributed by atoms with van der Waals surface area (Å²) in [6.07, 6.45) is 0. The van der Waals surface area contributed by atoms with Crippen molar-refractivity contribution in [2.45, 2.75) is 6.92 Å². The van der Waals surface area contributed by atoms with E-state index >= 15 is 0 Å². The number of carbonyl (C=O) groups is 1. The van der Waals surface area contributed by atoms with Crippen LogP contribution in [-0.2, 0) is 4.74 Å². The number of thiazole rings is 1. The molecule has 0 aliphatic rings. The monoisotopic (exact) mass is 357 g/mol. The van der Waals surface area contributed by atoms with Gasteiger partial charge in [-0.3, -0.25) is 0 Å². The van der Waals surface area contributed by atoms with Gasteiger partial charge in [0.25, 0.3) is 0 Å². The molecule has 0 saturated carbocycles. The van der Waals surface area contributed by atoms with Gasteiger partial charge < -0.3 is 15.4 Å². The summed E-state index contributed by atoms with van der Waals surface area (Å²) in [5.41, 5.74) is 2.23. The van der Waals surface area contributed by atoms with E-state index in [4.69, 9.17) is 17.0 Å². The van der Waals surface area contributed by atoms with Crippen LogP contribution in [0.3, 0.4) is 0 Å². The molecular weight excluding hydrogens is 342 g/mol. The number of rotatable bonds is 4. The third kappa shape index (κ3) is 3.87. The van der Waals surface area contributed by atoms with E-state index in [0.717, 1.165) is 15.9 Å². The number of fused-ring (bicyclic) bond motifs is 1. The van der Waals surface area contributed by atoms with Crippen LogP contribution in [0.15, 0.2) is 48.5 Å². The number of hydrogen-bond donors (Lipinski definition) is 2. The summed E-state index contributed by atoms with van der Waals surface area (Å²) in [4.78, 5) is 16.3. The topological polar surface area (TPSA) is 63.2 Å². The number of hydrogen-bond acceptors (Lipinski definition) is 5. The molecule has 0 spiro atoms. The normalized spacial score (nSPS) is 10.4. The van der Waals surface area contributed by atoms with Crippen molar-refractivity contribution in [1.82, 2.24) is 4.98 Å². The SMILES string of the molecule is CCOC(=O)c1ccc2nc(NC(=S)Nc3ccccc3)sc2c1. The van der Waals surface area contributed by atoms with Crippen molar-refractivity contribution in [2.24, 2.45) is 0 Å². The van der Waals surface area contributed by atoms with Crippen LogP contribution in [0.4, 0.5) is 10.8 Å². The van der Waals surface area contributed by atoms with Gasteiger partial charge in [0.05, 0.1) is 22.4 Å². The molecule has 0 atom stereocenters. The number of ether oxygens (including phenoxy) is 1. The van der Waals surface area contributed by atoms with E-state index in [-0.39, 0.29) is 5.97 Å². The Bertz CT molecular complexity index is 878. The van der Waals surface area contributed by atoms with Gasteiger partial charge >= 0.3 is 5.97 Å². The molecule has 122 valence electrons. The smallest absolute Gasteiger partial charge is 0.338 e. The molecule has 1 aromatic heterocycles. The number of esters is 1. The summed E-state index contributed by atoms with van der Waals surface area (Å²) < 4.78 is 5.91. The van der Waals surface area contributed by atoms with Gasteiger partial charge in [-0.1, -0.05) is 29.5 Å². The molecule has 0 fully saturated rings. The van der Waals surface area contributed by atoms with E-state index in [2.05, 4.69) is 15.6 Å². The summed E-state index contributed by atoms with van der Waals surface area (Å²) in [5.74, 6) is -0.330. The van der Waals surface area contributed by atoms with Gasteiger partial charge in [0.2, 0.25) is 0 Å². The molecule has 0 amide bonds. The van der Waals surface area contributed by atoms with Crippen LogP contribution >= 0.6 is 23.6 Å². The van der Waals surface area contributed by atoms with Gasteiger partial charge in [0, 0.05) is 5.69 Å². The Morgan fingerprint density at radius 3 is 2.75 bits per heavy atom. The second-order valence-corrected chi connectivity index (χ2v) is 6.31. The van der Waals surface area contributed by atoms with Crippen LogP contribution in [0.25, 0.3) is 10.2 Å². The van der Waals surface area contributed by atoms with Crippen molar-refractivity contribution in [2.75, 3.05) is 17.2 Å². The maximum absolute atomic E-state index is 11.8. The summed E-state index contributed by atoms with van der Waals surface area (Å²) in [6, 6.07) is 15.0. The highest BCUT2D eigenvalue weighted by Crippen LogP contribution is 2.27. The fourth-order valence-electron chi connectivity index (χ4n) is 2.10. The molecule has 1 heterocycles. The highest BCUT2D eigenvalue weighted by molar-refractivity contribution is 7.80. The number of carbonyl (C=O) groups excluding carboxylic acids is 1. The minimum atomic E-state index is -0.330. The first-order chi connectivity index (χ1) is 11.7. The fraction of sp³-hybridized carbons (Fsp3) is 0.118. The van der Waals surface area contributed by atoms with Gasteiger partial charge in [-0.25, -0.2) is 9.78 Å². The van der Waals surface area contributed by atoms with Crippen molar-refractivity contribution in [3.63, 3.8) is 0 Å². The van der Waals surface area contributed by atoms with Crippen molar-refractivity contribution in [3.8, 4) is 0 Å². The first kappa shape index (κ1) is 16.4. The molecule has 0 aliphatic carbocycles. The van der Waals surface area contributed by atoms with Gasteiger partial charge in [-0.2, -0.15) is 0 Å². The Morgan fingerprint density at radius 1 is 1.21 bits per heavy atom. The minimum Gasteiger partial charge on any atom is -0.462 e. The lowest BCUT2D eigenvalue weighted by Gasteiger charge is -2.07. The number of aromatic nitrogens is 1. The van der Waals surface area contributed by atoms with Gasteiger partial charge in [-0.15, -0.1) is 0 Å². The molecule has 5 nitrogen and oxygen atoms in total. The molecule has 3 aromatic rings. The molecule has 2 aromatic carbocycles. The van der Waals surface area contributed by atoms with Crippen molar-refractivity contribution in [1.29, 1.82) is 0 Å². The number of nitrogens with one attached hydrogen (secondary N) is 2. The van der Waals surface area contributed by atoms with E-state index in [9.17, 15) is 4.79 Å². The van der Waals surface area contributed by atoms with E-state index < -0.39 is 0 Å². The zero-order chi connectivity index (χ0) is 16.9. The third-order valence-corrected chi connectivity index (χ3v) is 4.29. The molecule has 0 aliphatic heterocycles. The van der Waals surface area contributed by atoms with E-state index in [0.29, 0.717) is 22.4 Å². The standard InChI is InChI=1S/C17H15N3O2S2/c1-2-22-15(21)11-8-9-13-14(10-11)24-17(19-13)20-16(23)18-12-6-4-3-5-7-12/h3-10H,2H2,1H3,(H2,18,19,20,23). The van der Waals surface area contributed by atoms with Gasteiger partial charge in [-0.05, 0) is 49.5 Å². The van der Waals surface area contributed by atoms with Crippen LogP contribution < -0.4 is 10.6 Å². The summed E-state index contributed by atoms with van der Waals surface area (Å²) in [5, 5.41) is 7.29. The van der Waals surface area contributed by atoms with E-state index in [1.165, 1.54) is 11.3 Å². The number of nitrogens with zero attached hydrogens (tertiary/aromatic N) is 1. The molecule has 0 radical (unpaired) electrons. The van der Waals surface area contributed by atoms with Crippen LogP contribution in [0, 0.1) is 0 Å². The summed E-state index contributed by atoms with van der Waals surface area (Å²) in [7, 11) is 0. The highest BCUT2D eigenvalue weighted by atomic mass is 32.1. The largest absolute Gasteiger partial charge is 0.462 e. The average Bonchev–Trinajstić information content (AvgIpc) is 2.97. The molecule has 2 N–H and O–H groups in total. The molecule has 7 heteroatoms. The second-order valence-electron chi connectivity index (χ2n) is 4.87. The maximum atomic E-state index is 11.8. The molecule has 24 heavy (non-hydrogen) atoms. The molecule has 0 saturated heterocycles. The molecule has 0 bridgehead atoms. The maximum Gasteiger partial charge on any atom is 0.338 e. The molecular formula is C17H15N3O2S2. The zero-order valence-corrected chi connectivity index (χ0v) is 14.5. The van der Waals surface area contributed by atoms with Crippen LogP contribution in [-0.4, -0.2) is 22.7 Å². The lowest BCUT2D eigenvalue weighted by Crippen LogP contribution is -2.18. The zero-order valence-electron chi connectivity index (χ0n) is 12.9. The summed E-state index contributed by atoms with van der Waals surface area (Å²) in [6.45, 7) is 2.14. The molecule has 3 rings (SSSR count).